The van der Waals surface area contributed by atoms with E-state index in [0.29, 0.717) is 6.54 Å². The minimum Gasteiger partial charge on any atom is -0.506 e. The molecule has 0 spiro atoms. The number of nitrogens with one attached hydrogen (secondary N) is 1. The molecule has 0 saturated heterocycles. The molecule has 0 fully saturated rings. The first-order chi connectivity index (χ1) is 7.34. The van der Waals surface area contributed by atoms with Gasteiger partial charge in [-0.1, -0.05) is 18.2 Å². The van der Waals surface area contributed by atoms with Gasteiger partial charge in [-0.2, -0.15) is 0 Å². The highest BCUT2D eigenvalue weighted by atomic mass is 16.3. The summed E-state index contributed by atoms with van der Waals surface area (Å²) in [6.07, 6.45) is 1.45. The van der Waals surface area contributed by atoms with Crippen molar-refractivity contribution in [1.82, 2.24) is 4.98 Å². The van der Waals surface area contributed by atoms with E-state index in [1.54, 1.807) is 12.1 Å². The molecule has 1 aromatic heterocycles. The van der Waals surface area contributed by atoms with Crippen molar-refractivity contribution in [2.45, 2.75) is 6.54 Å². The van der Waals surface area contributed by atoms with Gasteiger partial charge in [0, 0.05) is 5.69 Å². The molecule has 0 amide bonds. The number of hydrogen-bond acceptors (Lipinski definition) is 3. The average Bonchev–Trinajstić information content (AvgIpc) is 2.30. The van der Waals surface area contributed by atoms with Gasteiger partial charge in [0.2, 0.25) is 0 Å². The second-order valence-electron chi connectivity index (χ2n) is 3.23. The van der Waals surface area contributed by atoms with Crippen LogP contribution in [0.4, 0.5) is 5.69 Å². The predicted molar refractivity (Wildman–Crippen MR) is 59.7 cm³/mol. The Balaban J connectivity index is 1.96. The number of para-hydroxylation sites is 1. The molecule has 0 radical (unpaired) electrons. The molecule has 2 aromatic rings. The van der Waals surface area contributed by atoms with Gasteiger partial charge < -0.3 is 10.4 Å². The van der Waals surface area contributed by atoms with Crippen LogP contribution in [-0.2, 0) is 6.54 Å². The maximum Gasteiger partial charge on any atom is 0.133 e. The second kappa shape index (κ2) is 4.46. The van der Waals surface area contributed by atoms with E-state index < -0.39 is 0 Å². The highest BCUT2D eigenvalue weighted by Crippen LogP contribution is 2.09. The molecule has 0 saturated carbocycles. The molecule has 0 aliphatic rings. The number of rotatable bonds is 3. The zero-order valence-electron chi connectivity index (χ0n) is 8.22. The lowest BCUT2D eigenvalue weighted by molar-refractivity contribution is 0.472. The van der Waals surface area contributed by atoms with Crippen molar-refractivity contribution in [1.29, 1.82) is 0 Å². The average molecular weight is 200 g/mol. The van der Waals surface area contributed by atoms with Gasteiger partial charge in [-0.05, 0) is 24.3 Å². The van der Waals surface area contributed by atoms with Crippen LogP contribution < -0.4 is 5.32 Å². The van der Waals surface area contributed by atoms with Crippen LogP contribution in [0, 0.1) is 0 Å². The molecule has 3 nitrogen and oxygen atoms in total. The lowest BCUT2D eigenvalue weighted by atomic mass is 10.3. The van der Waals surface area contributed by atoms with Crippen molar-refractivity contribution in [3.63, 3.8) is 0 Å². The van der Waals surface area contributed by atoms with E-state index in [2.05, 4.69) is 10.3 Å². The summed E-state index contributed by atoms with van der Waals surface area (Å²) >= 11 is 0. The number of hydrogen-bond donors (Lipinski definition) is 2. The fourth-order valence-corrected chi connectivity index (χ4v) is 1.27. The second-order valence-corrected chi connectivity index (χ2v) is 3.23. The zero-order chi connectivity index (χ0) is 10.5. The highest BCUT2D eigenvalue weighted by molar-refractivity contribution is 5.42. The van der Waals surface area contributed by atoms with Crippen LogP contribution in [0.5, 0.6) is 5.75 Å². The van der Waals surface area contributed by atoms with Gasteiger partial charge in [0.25, 0.3) is 0 Å². The number of pyridine rings is 1. The van der Waals surface area contributed by atoms with E-state index in [4.69, 9.17) is 5.11 Å². The maximum atomic E-state index is 9.06. The summed E-state index contributed by atoms with van der Waals surface area (Å²) in [6, 6.07) is 13.4. The fourth-order valence-electron chi connectivity index (χ4n) is 1.27. The van der Waals surface area contributed by atoms with Gasteiger partial charge >= 0.3 is 0 Å². The Morgan fingerprint density at radius 2 is 1.87 bits per heavy atom. The molecule has 1 heterocycles. The molecular formula is C12H12N2O. The zero-order valence-corrected chi connectivity index (χ0v) is 8.22. The highest BCUT2D eigenvalue weighted by Gasteiger charge is 1.94. The summed E-state index contributed by atoms with van der Waals surface area (Å²) in [4.78, 5) is 4.08. The molecule has 76 valence electrons. The molecule has 15 heavy (non-hydrogen) atoms. The Morgan fingerprint density at radius 3 is 2.53 bits per heavy atom. The summed E-state index contributed by atoms with van der Waals surface area (Å²) in [5, 5.41) is 12.3. The lowest BCUT2D eigenvalue weighted by Gasteiger charge is -2.05. The van der Waals surface area contributed by atoms with Gasteiger partial charge in [0.15, 0.2) is 0 Å². The topological polar surface area (TPSA) is 45.1 Å². The summed E-state index contributed by atoms with van der Waals surface area (Å²) in [5.74, 6) is 0.193. The number of aromatic nitrogens is 1. The molecule has 0 unspecified atom stereocenters. The first kappa shape index (κ1) is 9.52. The molecule has 2 rings (SSSR count). The summed E-state index contributed by atoms with van der Waals surface area (Å²) in [5.41, 5.74) is 1.96. The van der Waals surface area contributed by atoms with Crippen LogP contribution >= 0.6 is 0 Å². The van der Waals surface area contributed by atoms with Crippen LogP contribution in [0.1, 0.15) is 5.69 Å². The Hall–Kier alpha value is -2.03. The monoisotopic (exact) mass is 200 g/mol. The fraction of sp³-hybridized carbons (Fsp3) is 0.0833. The number of nitrogens with zero attached hydrogens (tertiary/aromatic N) is 1. The minimum atomic E-state index is 0.193. The first-order valence-corrected chi connectivity index (χ1v) is 4.77. The van der Waals surface area contributed by atoms with Crippen molar-refractivity contribution < 1.29 is 5.11 Å². The molecule has 0 aliphatic carbocycles. The van der Waals surface area contributed by atoms with Crippen molar-refractivity contribution in [3.8, 4) is 5.75 Å². The van der Waals surface area contributed by atoms with Crippen LogP contribution in [0.2, 0.25) is 0 Å². The largest absolute Gasteiger partial charge is 0.506 e. The third-order valence-electron chi connectivity index (χ3n) is 2.06. The predicted octanol–water partition coefficient (Wildman–Crippen LogP) is 2.40. The lowest BCUT2D eigenvalue weighted by Crippen LogP contribution is -2.00. The molecular weight excluding hydrogens is 188 g/mol. The Bertz CT molecular complexity index is 411. The van der Waals surface area contributed by atoms with E-state index in [1.807, 2.05) is 30.3 Å². The van der Waals surface area contributed by atoms with Crippen molar-refractivity contribution in [2.75, 3.05) is 5.32 Å². The molecule has 1 aromatic carbocycles. The SMILES string of the molecule is Oc1ccc(CNc2ccccc2)nc1. The molecule has 0 bridgehead atoms. The van der Waals surface area contributed by atoms with Crippen molar-refractivity contribution in [2.24, 2.45) is 0 Å². The van der Waals surface area contributed by atoms with Crippen LogP contribution in [0.3, 0.4) is 0 Å². The van der Waals surface area contributed by atoms with Gasteiger partial charge in [-0.15, -0.1) is 0 Å². The van der Waals surface area contributed by atoms with E-state index in [0.717, 1.165) is 11.4 Å². The van der Waals surface area contributed by atoms with Gasteiger partial charge in [0.1, 0.15) is 5.75 Å². The maximum absolute atomic E-state index is 9.06. The van der Waals surface area contributed by atoms with Crippen LogP contribution in [-0.4, -0.2) is 10.1 Å². The third kappa shape index (κ3) is 2.71. The number of benzene rings is 1. The Morgan fingerprint density at radius 1 is 1.07 bits per heavy atom. The van der Waals surface area contributed by atoms with Crippen molar-refractivity contribution in [3.05, 3.63) is 54.4 Å². The third-order valence-corrected chi connectivity index (χ3v) is 2.06. The Labute approximate surface area is 88.4 Å². The minimum absolute atomic E-state index is 0.193. The Kier molecular flexibility index (Phi) is 2.83. The standard InChI is InChI=1S/C12H12N2O/c15-12-7-6-11(14-9-12)8-13-10-4-2-1-3-5-10/h1-7,9,13,15H,8H2. The van der Waals surface area contributed by atoms with Gasteiger partial charge in [-0.3, -0.25) is 4.98 Å². The summed E-state index contributed by atoms with van der Waals surface area (Å²) < 4.78 is 0. The van der Waals surface area contributed by atoms with E-state index in [-0.39, 0.29) is 5.75 Å². The van der Waals surface area contributed by atoms with E-state index in [1.165, 1.54) is 6.20 Å². The van der Waals surface area contributed by atoms with Gasteiger partial charge in [0.05, 0.1) is 18.4 Å². The number of anilines is 1. The quantitative estimate of drug-likeness (QED) is 0.799. The van der Waals surface area contributed by atoms with E-state index in [9.17, 15) is 0 Å². The number of aromatic hydroxyl groups is 1. The molecule has 3 heteroatoms. The smallest absolute Gasteiger partial charge is 0.133 e. The molecule has 0 atom stereocenters. The summed E-state index contributed by atoms with van der Waals surface area (Å²) in [7, 11) is 0. The first-order valence-electron chi connectivity index (χ1n) is 4.77. The molecule has 2 N–H and O–H groups in total. The normalized spacial score (nSPS) is 9.87. The summed E-state index contributed by atoms with van der Waals surface area (Å²) in [6.45, 7) is 0.657. The van der Waals surface area contributed by atoms with Crippen LogP contribution in [0.15, 0.2) is 48.7 Å². The van der Waals surface area contributed by atoms with E-state index >= 15 is 0 Å². The van der Waals surface area contributed by atoms with Crippen molar-refractivity contribution >= 4 is 5.69 Å². The van der Waals surface area contributed by atoms with Gasteiger partial charge in [-0.25, -0.2) is 0 Å². The van der Waals surface area contributed by atoms with Crippen LogP contribution in [0.25, 0.3) is 0 Å². The molecule has 0 aliphatic heterocycles.